The normalized spacial score (nSPS) is 14.6. The summed E-state index contributed by atoms with van der Waals surface area (Å²) in [4.78, 5) is 13.1. The van der Waals surface area contributed by atoms with Crippen LogP contribution in [0.4, 0.5) is 0 Å². The van der Waals surface area contributed by atoms with Crippen molar-refractivity contribution >= 4 is 5.97 Å². The Balaban J connectivity index is 2.71. The minimum atomic E-state index is -0.574. The average Bonchev–Trinajstić information content (AvgIpc) is 2.39. The standard InChI is InChI=1S/C15H21NO3/c1-12(17)14(9-10-15(18)19-3)16(2)11-13-7-5-4-6-8-13/h4-10,12,14,17H,11H2,1-3H3/b10-9+/t12-,14+/m0/s1. The molecule has 1 aromatic rings. The number of esters is 1. The van der Waals surface area contributed by atoms with Crippen LogP contribution in [0, 0.1) is 0 Å². The first kappa shape index (κ1) is 15.4. The number of carbonyl (C=O) groups is 1. The monoisotopic (exact) mass is 263 g/mol. The molecule has 0 unspecified atom stereocenters. The number of aliphatic hydroxyl groups excluding tert-OH is 1. The summed E-state index contributed by atoms with van der Waals surface area (Å²) >= 11 is 0. The zero-order chi connectivity index (χ0) is 14.3. The van der Waals surface area contributed by atoms with E-state index in [1.165, 1.54) is 13.2 Å². The van der Waals surface area contributed by atoms with Gasteiger partial charge >= 0.3 is 5.97 Å². The largest absolute Gasteiger partial charge is 0.466 e. The fourth-order valence-electron chi connectivity index (χ4n) is 1.90. The zero-order valence-electron chi connectivity index (χ0n) is 11.6. The molecule has 19 heavy (non-hydrogen) atoms. The van der Waals surface area contributed by atoms with Crippen LogP contribution in [0.15, 0.2) is 42.5 Å². The van der Waals surface area contributed by atoms with Gasteiger partial charge in [0.15, 0.2) is 0 Å². The van der Waals surface area contributed by atoms with E-state index >= 15 is 0 Å². The van der Waals surface area contributed by atoms with Crippen molar-refractivity contribution < 1.29 is 14.6 Å². The van der Waals surface area contributed by atoms with Gasteiger partial charge in [0, 0.05) is 12.6 Å². The first-order valence-corrected chi connectivity index (χ1v) is 6.23. The summed E-state index contributed by atoms with van der Waals surface area (Å²) in [6.07, 6.45) is 2.44. The van der Waals surface area contributed by atoms with Crippen LogP contribution in [0.2, 0.25) is 0 Å². The fourth-order valence-corrected chi connectivity index (χ4v) is 1.90. The van der Waals surface area contributed by atoms with Gasteiger partial charge in [-0.3, -0.25) is 4.90 Å². The molecule has 4 nitrogen and oxygen atoms in total. The topological polar surface area (TPSA) is 49.8 Å². The van der Waals surface area contributed by atoms with Crippen molar-refractivity contribution in [3.05, 3.63) is 48.0 Å². The fraction of sp³-hybridized carbons (Fsp3) is 0.400. The van der Waals surface area contributed by atoms with Crippen molar-refractivity contribution in [3.8, 4) is 0 Å². The molecule has 0 aliphatic carbocycles. The van der Waals surface area contributed by atoms with Gasteiger partial charge in [-0.15, -0.1) is 0 Å². The van der Waals surface area contributed by atoms with Crippen molar-refractivity contribution in [2.24, 2.45) is 0 Å². The van der Waals surface area contributed by atoms with Gasteiger partial charge in [-0.25, -0.2) is 4.79 Å². The number of benzene rings is 1. The van der Waals surface area contributed by atoms with Crippen molar-refractivity contribution in [1.82, 2.24) is 4.90 Å². The van der Waals surface area contributed by atoms with E-state index in [2.05, 4.69) is 4.74 Å². The molecule has 0 bridgehead atoms. The zero-order valence-corrected chi connectivity index (χ0v) is 11.6. The van der Waals surface area contributed by atoms with E-state index in [0.717, 1.165) is 5.56 Å². The SMILES string of the molecule is COC(=O)/C=C/[C@H]([C@H](C)O)N(C)Cc1ccccc1. The number of aliphatic hydroxyl groups is 1. The van der Waals surface area contributed by atoms with Crippen LogP contribution < -0.4 is 0 Å². The third-order valence-corrected chi connectivity index (χ3v) is 2.91. The molecule has 0 heterocycles. The number of hydrogen-bond acceptors (Lipinski definition) is 4. The van der Waals surface area contributed by atoms with E-state index in [9.17, 15) is 9.90 Å². The Morgan fingerprint density at radius 2 is 2.05 bits per heavy atom. The van der Waals surface area contributed by atoms with E-state index in [4.69, 9.17) is 0 Å². The third kappa shape index (κ3) is 5.24. The molecule has 0 aliphatic heterocycles. The van der Waals surface area contributed by atoms with E-state index in [1.807, 2.05) is 42.3 Å². The van der Waals surface area contributed by atoms with E-state index in [1.54, 1.807) is 13.0 Å². The van der Waals surface area contributed by atoms with Gasteiger partial charge in [0.25, 0.3) is 0 Å². The first-order chi connectivity index (χ1) is 9.04. The first-order valence-electron chi connectivity index (χ1n) is 6.23. The molecule has 1 aromatic carbocycles. The predicted octanol–water partition coefficient (Wildman–Crippen LogP) is 1.60. The molecule has 0 spiro atoms. The molecule has 1 N–H and O–H groups in total. The Bertz CT molecular complexity index is 415. The van der Waals surface area contributed by atoms with Crippen LogP contribution in [0.5, 0.6) is 0 Å². The van der Waals surface area contributed by atoms with Crippen LogP contribution in [0.3, 0.4) is 0 Å². The summed E-state index contributed by atoms with van der Waals surface area (Å²) < 4.78 is 4.55. The Morgan fingerprint density at radius 3 is 2.58 bits per heavy atom. The van der Waals surface area contributed by atoms with Crippen LogP contribution in [-0.2, 0) is 16.1 Å². The van der Waals surface area contributed by atoms with Crippen molar-refractivity contribution in [2.45, 2.75) is 25.6 Å². The molecule has 2 atom stereocenters. The second-order valence-electron chi connectivity index (χ2n) is 4.51. The molecule has 0 amide bonds. The second-order valence-corrected chi connectivity index (χ2v) is 4.51. The second kappa shape index (κ2) is 7.71. The van der Waals surface area contributed by atoms with Crippen LogP contribution in [0.1, 0.15) is 12.5 Å². The number of nitrogens with zero attached hydrogens (tertiary/aromatic N) is 1. The number of methoxy groups -OCH3 is 1. The van der Waals surface area contributed by atoms with Gasteiger partial charge in [-0.05, 0) is 19.5 Å². The number of hydrogen-bond donors (Lipinski definition) is 1. The van der Waals surface area contributed by atoms with Gasteiger partial charge in [-0.2, -0.15) is 0 Å². The summed E-state index contributed by atoms with van der Waals surface area (Å²) in [5, 5.41) is 9.80. The van der Waals surface area contributed by atoms with Gasteiger partial charge < -0.3 is 9.84 Å². The highest BCUT2D eigenvalue weighted by molar-refractivity contribution is 5.81. The summed E-state index contributed by atoms with van der Waals surface area (Å²) in [7, 11) is 3.24. The Morgan fingerprint density at radius 1 is 1.42 bits per heavy atom. The number of ether oxygens (including phenoxy) is 1. The predicted molar refractivity (Wildman–Crippen MR) is 74.5 cm³/mol. The smallest absolute Gasteiger partial charge is 0.330 e. The average molecular weight is 263 g/mol. The molecule has 0 saturated carbocycles. The Kier molecular flexibility index (Phi) is 6.25. The van der Waals surface area contributed by atoms with Crippen molar-refractivity contribution in [2.75, 3.05) is 14.2 Å². The van der Waals surface area contributed by atoms with E-state index in [-0.39, 0.29) is 6.04 Å². The number of likely N-dealkylation sites (N-methyl/N-ethyl adjacent to an activating group) is 1. The minimum absolute atomic E-state index is 0.237. The summed E-state index contributed by atoms with van der Waals surface area (Å²) in [6, 6.07) is 9.74. The highest BCUT2D eigenvalue weighted by Gasteiger charge is 2.17. The maximum Gasteiger partial charge on any atom is 0.330 e. The summed E-state index contributed by atoms with van der Waals surface area (Å²) in [5.74, 6) is -0.418. The molecule has 4 heteroatoms. The molecular weight excluding hydrogens is 242 g/mol. The Labute approximate surface area is 114 Å². The molecule has 104 valence electrons. The lowest BCUT2D eigenvalue weighted by atomic mass is 10.1. The highest BCUT2D eigenvalue weighted by Crippen LogP contribution is 2.10. The highest BCUT2D eigenvalue weighted by atomic mass is 16.5. The molecule has 0 aromatic heterocycles. The third-order valence-electron chi connectivity index (χ3n) is 2.91. The molecule has 0 fully saturated rings. The number of carbonyl (C=O) groups excluding carboxylic acids is 1. The lowest BCUT2D eigenvalue weighted by molar-refractivity contribution is -0.134. The molecule has 1 rings (SSSR count). The lowest BCUT2D eigenvalue weighted by Gasteiger charge is -2.27. The summed E-state index contributed by atoms with van der Waals surface area (Å²) in [6.45, 7) is 2.40. The van der Waals surface area contributed by atoms with Crippen LogP contribution in [-0.4, -0.2) is 42.3 Å². The van der Waals surface area contributed by atoms with Gasteiger partial charge in [0.05, 0.1) is 19.3 Å². The van der Waals surface area contributed by atoms with Crippen molar-refractivity contribution in [3.63, 3.8) is 0 Å². The molecule has 0 saturated heterocycles. The molecule has 0 radical (unpaired) electrons. The Hall–Kier alpha value is -1.65. The van der Waals surface area contributed by atoms with E-state index in [0.29, 0.717) is 6.54 Å². The van der Waals surface area contributed by atoms with Gasteiger partial charge in [0.2, 0.25) is 0 Å². The number of rotatable bonds is 6. The van der Waals surface area contributed by atoms with Crippen LogP contribution >= 0.6 is 0 Å². The van der Waals surface area contributed by atoms with Gasteiger partial charge in [0.1, 0.15) is 0 Å². The van der Waals surface area contributed by atoms with Gasteiger partial charge in [-0.1, -0.05) is 36.4 Å². The van der Waals surface area contributed by atoms with Crippen LogP contribution in [0.25, 0.3) is 0 Å². The minimum Gasteiger partial charge on any atom is -0.466 e. The lowest BCUT2D eigenvalue weighted by Crippen LogP contribution is -2.38. The summed E-state index contributed by atoms with van der Waals surface area (Å²) in [5.41, 5.74) is 1.15. The maximum absolute atomic E-state index is 11.1. The quantitative estimate of drug-likeness (QED) is 0.625. The van der Waals surface area contributed by atoms with E-state index < -0.39 is 12.1 Å². The van der Waals surface area contributed by atoms with Crippen molar-refractivity contribution in [1.29, 1.82) is 0 Å². The molecular formula is C15H21NO3. The molecule has 0 aliphatic rings. The maximum atomic E-state index is 11.1.